The monoisotopic (exact) mass is 274 g/mol. The Morgan fingerprint density at radius 1 is 1.30 bits per heavy atom. The molecule has 20 heavy (non-hydrogen) atoms. The topological polar surface area (TPSA) is 24.5 Å². The molecule has 3 nitrogen and oxygen atoms in total. The van der Waals surface area contributed by atoms with Gasteiger partial charge in [0, 0.05) is 37.3 Å². The van der Waals surface area contributed by atoms with Gasteiger partial charge >= 0.3 is 0 Å². The van der Waals surface area contributed by atoms with Gasteiger partial charge in [-0.25, -0.2) is 0 Å². The Morgan fingerprint density at radius 2 is 2.10 bits per heavy atom. The molecule has 1 saturated heterocycles. The van der Waals surface area contributed by atoms with Crippen molar-refractivity contribution in [2.75, 3.05) is 20.2 Å². The number of para-hydroxylation sites is 1. The number of hydrogen-bond donors (Lipinski definition) is 1. The average Bonchev–Trinajstić information content (AvgIpc) is 3.32. The van der Waals surface area contributed by atoms with E-state index < -0.39 is 0 Å². The van der Waals surface area contributed by atoms with Crippen LogP contribution in [-0.4, -0.2) is 37.2 Å². The van der Waals surface area contributed by atoms with Crippen molar-refractivity contribution >= 4 is 0 Å². The lowest BCUT2D eigenvalue weighted by Gasteiger charge is -2.40. The van der Waals surface area contributed by atoms with Gasteiger partial charge in [-0.3, -0.25) is 4.90 Å². The molecule has 2 aliphatic rings. The molecule has 1 aliphatic carbocycles. The van der Waals surface area contributed by atoms with Crippen LogP contribution in [0.3, 0.4) is 0 Å². The van der Waals surface area contributed by atoms with Crippen molar-refractivity contribution in [3.05, 3.63) is 29.8 Å². The van der Waals surface area contributed by atoms with Crippen molar-refractivity contribution in [2.24, 2.45) is 5.92 Å². The summed E-state index contributed by atoms with van der Waals surface area (Å²) in [6.45, 7) is 5.60. The molecular formula is C17H26N2O. The summed E-state index contributed by atoms with van der Waals surface area (Å²) in [5.74, 6) is 1.93. The van der Waals surface area contributed by atoms with E-state index in [-0.39, 0.29) is 0 Å². The van der Waals surface area contributed by atoms with E-state index in [0.717, 1.165) is 31.3 Å². The lowest BCUT2D eigenvalue weighted by atomic mass is 10.0. The third-order valence-corrected chi connectivity index (χ3v) is 4.76. The van der Waals surface area contributed by atoms with E-state index in [1.165, 1.54) is 24.8 Å². The molecule has 0 bridgehead atoms. The Hall–Kier alpha value is -1.06. The molecule has 110 valence electrons. The third kappa shape index (κ3) is 2.99. The molecule has 1 heterocycles. The molecule has 1 saturated carbocycles. The van der Waals surface area contributed by atoms with Crippen LogP contribution < -0.4 is 10.1 Å². The minimum atomic E-state index is 0.639. The Labute approximate surface area is 122 Å². The van der Waals surface area contributed by atoms with Crippen molar-refractivity contribution in [1.29, 1.82) is 0 Å². The van der Waals surface area contributed by atoms with Gasteiger partial charge in [-0.1, -0.05) is 25.1 Å². The molecule has 3 rings (SSSR count). The molecule has 2 unspecified atom stereocenters. The highest BCUT2D eigenvalue weighted by Crippen LogP contribution is 2.37. The number of benzene rings is 1. The first-order valence-corrected chi connectivity index (χ1v) is 7.91. The van der Waals surface area contributed by atoms with Crippen molar-refractivity contribution in [1.82, 2.24) is 10.2 Å². The van der Waals surface area contributed by atoms with Crippen molar-refractivity contribution in [3.63, 3.8) is 0 Å². The fourth-order valence-electron chi connectivity index (χ4n) is 3.35. The quantitative estimate of drug-likeness (QED) is 0.893. The first-order chi connectivity index (χ1) is 9.81. The summed E-state index contributed by atoms with van der Waals surface area (Å²) >= 11 is 0. The molecule has 1 N–H and O–H groups in total. The molecule has 2 atom stereocenters. The zero-order valence-electron chi connectivity index (χ0n) is 12.6. The zero-order valence-corrected chi connectivity index (χ0v) is 12.6. The molecule has 0 amide bonds. The minimum absolute atomic E-state index is 0.639. The van der Waals surface area contributed by atoms with E-state index in [0.29, 0.717) is 12.1 Å². The number of nitrogens with one attached hydrogen (secondary N) is 1. The van der Waals surface area contributed by atoms with Gasteiger partial charge in [-0.2, -0.15) is 0 Å². The van der Waals surface area contributed by atoms with Crippen LogP contribution in [-0.2, 0) is 6.54 Å². The second-order valence-electron chi connectivity index (χ2n) is 6.16. The smallest absolute Gasteiger partial charge is 0.123 e. The minimum Gasteiger partial charge on any atom is -0.496 e. The predicted molar refractivity (Wildman–Crippen MR) is 82.0 cm³/mol. The third-order valence-electron chi connectivity index (χ3n) is 4.76. The number of nitrogens with zero attached hydrogens (tertiary/aromatic N) is 1. The van der Waals surface area contributed by atoms with Gasteiger partial charge in [0.25, 0.3) is 0 Å². The van der Waals surface area contributed by atoms with Crippen molar-refractivity contribution < 1.29 is 4.74 Å². The molecule has 1 aromatic rings. The normalized spacial score (nSPS) is 27.5. The number of hydrogen-bond acceptors (Lipinski definition) is 3. The van der Waals surface area contributed by atoms with Crippen LogP contribution in [0.2, 0.25) is 0 Å². The molecular weight excluding hydrogens is 248 g/mol. The van der Waals surface area contributed by atoms with Crippen LogP contribution in [0.4, 0.5) is 0 Å². The fraction of sp³-hybridized carbons (Fsp3) is 0.647. The maximum absolute atomic E-state index is 5.51. The zero-order chi connectivity index (χ0) is 13.9. The predicted octanol–water partition coefficient (Wildman–Crippen LogP) is 2.66. The van der Waals surface area contributed by atoms with E-state index in [1.54, 1.807) is 7.11 Å². The van der Waals surface area contributed by atoms with Crippen LogP contribution in [0.15, 0.2) is 24.3 Å². The van der Waals surface area contributed by atoms with Crippen LogP contribution >= 0.6 is 0 Å². The van der Waals surface area contributed by atoms with Gasteiger partial charge in [0.05, 0.1) is 7.11 Å². The van der Waals surface area contributed by atoms with Crippen LogP contribution in [0.25, 0.3) is 0 Å². The second kappa shape index (κ2) is 6.15. The van der Waals surface area contributed by atoms with E-state index >= 15 is 0 Å². The Kier molecular flexibility index (Phi) is 4.27. The number of methoxy groups -OCH3 is 1. The lowest BCUT2D eigenvalue weighted by molar-refractivity contribution is 0.105. The van der Waals surface area contributed by atoms with Gasteiger partial charge in [-0.15, -0.1) is 0 Å². The van der Waals surface area contributed by atoms with Gasteiger partial charge in [0.1, 0.15) is 5.75 Å². The SMILES string of the molecule is CCC1CN(Cc2ccccc2OC)C(C2CC2)CN1. The van der Waals surface area contributed by atoms with Gasteiger partial charge in [0.15, 0.2) is 0 Å². The summed E-state index contributed by atoms with van der Waals surface area (Å²) in [6, 6.07) is 9.78. The van der Waals surface area contributed by atoms with Crippen LogP contribution in [0.1, 0.15) is 31.7 Å². The highest BCUT2D eigenvalue weighted by atomic mass is 16.5. The molecule has 1 aromatic carbocycles. The molecule has 0 spiro atoms. The lowest BCUT2D eigenvalue weighted by Crippen LogP contribution is -2.56. The van der Waals surface area contributed by atoms with Crippen molar-refractivity contribution in [2.45, 2.75) is 44.8 Å². The molecule has 2 fully saturated rings. The van der Waals surface area contributed by atoms with Gasteiger partial charge in [-0.05, 0) is 31.2 Å². The molecule has 1 aliphatic heterocycles. The maximum atomic E-state index is 5.51. The first kappa shape index (κ1) is 13.9. The highest BCUT2D eigenvalue weighted by molar-refractivity contribution is 5.33. The first-order valence-electron chi connectivity index (χ1n) is 7.91. The summed E-state index contributed by atoms with van der Waals surface area (Å²) in [7, 11) is 1.77. The van der Waals surface area contributed by atoms with Crippen LogP contribution in [0, 0.1) is 5.92 Å². The molecule has 0 aromatic heterocycles. The van der Waals surface area contributed by atoms with E-state index in [9.17, 15) is 0 Å². The van der Waals surface area contributed by atoms with Crippen molar-refractivity contribution in [3.8, 4) is 5.75 Å². The Bertz CT molecular complexity index is 444. The van der Waals surface area contributed by atoms with E-state index in [4.69, 9.17) is 4.74 Å². The summed E-state index contributed by atoms with van der Waals surface area (Å²) in [4.78, 5) is 2.68. The average molecular weight is 274 g/mol. The van der Waals surface area contributed by atoms with Gasteiger partial charge < -0.3 is 10.1 Å². The Morgan fingerprint density at radius 3 is 2.80 bits per heavy atom. The standard InChI is InChI=1S/C17H26N2O/c1-3-15-12-19(16(10-18-15)13-8-9-13)11-14-6-4-5-7-17(14)20-2/h4-7,13,15-16,18H,3,8-12H2,1-2H3. The van der Waals surface area contributed by atoms with E-state index in [1.807, 2.05) is 6.07 Å². The van der Waals surface area contributed by atoms with Crippen LogP contribution in [0.5, 0.6) is 5.75 Å². The largest absolute Gasteiger partial charge is 0.496 e. The highest BCUT2D eigenvalue weighted by Gasteiger charge is 2.38. The molecule has 3 heteroatoms. The van der Waals surface area contributed by atoms with E-state index in [2.05, 4.69) is 35.3 Å². The summed E-state index contributed by atoms with van der Waals surface area (Å²) < 4.78 is 5.51. The maximum Gasteiger partial charge on any atom is 0.123 e. The summed E-state index contributed by atoms with van der Waals surface area (Å²) in [6.07, 6.45) is 4.02. The summed E-state index contributed by atoms with van der Waals surface area (Å²) in [5.41, 5.74) is 1.32. The second-order valence-corrected chi connectivity index (χ2v) is 6.16. The summed E-state index contributed by atoms with van der Waals surface area (Å²) in [5, 5.41) is 3.71. The van der Waals surface area contributed by atoms with Gasteiger partial charge in [0.2, 0.25) is 0 Å². The number of piperazine rings is 1. The Balaban J connectivity index is 1.74. The number of ether oxygens (including phenoxy) is 1. The fourth-order valence-corrected chi connectivity index (χ4v) is 3.35. The number of rotatable bonds is 5. The molecule has 0 radical (unpaired) electrons.